The molecular formula is C66H54F9N9O9. The predicted octanol–water partition coefficient (Wildman–Crippen LogP) is 17.5. The number of carbonyl (C=O) groups excluding carboxylic acids is 3. The lowest BCUT2D eigenvalue weighted by atomic mass is 9.84. The summed E-state index contributed by atoms with van der Waals surface area (Å²) in [5.41, 5.74) is -19.3. The molecule has 0 atom stereocenters. The average molecular weight is 1290 g/mol. The summed E-state index contributed by atoms with van der Waals surface area (Å²) in [6, 6.07) is 21.6. The fourth-order valence-corrected chi connectivity index (χ4v) is 8.89. The van der Waals surface area contributed by atoms with Gasteiger partial charge in [-0.3, -0.25) is 30.3 Å². The number of nitro benzene ring substituents is 3. The Kier molecular flexibility index (Phi) is 19.7. The van der Waals surface area contributed by atoms with Crippen LogP contribution < -0.4 is 31.9 Å². The molecule has 0 aliphatic heterocycles. The van der Waals surface area contributed by atoms with Crippen molar-refractivity contribution in [2.45, 2.75) is 97.1 Å². The highest BCUT2D eigenvalue weighted by atomic mass is 19.4. The molecule has 6 N–H and O–H groups in total. The number of carbonyl (C=O) groups is 3. The Morgan fingerprint density at radius 3 is 0.731 bits per heavy atom. The van der Waals surface area contributed by atoms with Gasteiger partial charge in [-0.1, -0.05) is 116 Å². The fraction of sp³-hybridized carbons (Fsp3) is 0.227. The van der Waals surface area contributed by atoms with E-state index in [9.17, 15) is 44.7 Å². The van der Waals surface area contributed by atoms with E-state index in [1.54, 1.807) is 62.3 Å². The number of nitrogens with zero attached hydrogens (tertiary/aromatic N) is 3. The summed E-state index contributed by atoms with van der Waals surface area (Å²) < 4.78 is 147. The van der Waals surface area contributed by atoms with Crippen molar-refractivity contribution >= 4 is 69.3 Å². The minimum Gasteiger partial charge on any atom is -0.308 e. The van der Waals surface area contributed by atoms with Crippen molar-refractivity contribution in [1.82, 2.24) is 0 Å². The third-order valence-electron chi connectivity index (χ3n) is 13.7. The molecule has 0 saturated carbocycles. The van der Waals surface area contributed by atoms with Crippen molar-refractivity contribution in [3.8, 4) is 35.5 Å². The highest BCUT2D eigenvalue weighted by Gasteiger charge is 2.50. The van der Waals surface area contributed by atoms with Crippen LogP contribution in [0, 0.1) is 65.9 Å². The molecule has 6 amide bonds. The van der Waals surface area contributed by atoms with E-state index < -0.39 is 118 Å². The molecule has 0 aromatic heterocycles. The van der Waals surface area contributed by atoms with Crippen molar-refractivity contribution in [2.75, 3.05) is 31.9 Å². The van der Waals surface area contributed by atoms with Crippen molar-refractivity contribution in [3.63, 3.8) is 0 Å². The summed E-state index contributed by atoms with van der Waals surface area (Å²) in [6.07, 6.45) is -18.6. The van der Waals surface area contributed by atoms with Crippen LogP contribution in [-0.2, 0) is 34.8 Å². The van der Waals surface area contributed by atoms with Gasteiger partial charge >= 0.3 is 36.6 Å². The molecule has 7 rings (SSSR count). The first-order valence-electron chi connectivity index (χ1n) is 27.5. The van der Waals surface area contributed by atoms with Gasteiger partial charge in [0, 0.05) is 70.2 Å². The molecule has 0 saturated heterocycles. The Balaban J connectivity index is 1.57. The van der Waals surface area contributed by atoms with E-state index in [0.717, 1.165) is 72.8 Å². The number of anilines is 6. The standard InChI is InChI=1S/C66H54F9N9O9/c1-61(2,3)40-13-31-52(79-58(85)76-43-16-22-46(23-17-43)82(88)89)37(34-40)10-28-49-55(64(67,68)69)50(29-11-38-35-41(62(4,5)6)14-32-53(38)80-59(86)77-44-18-24-47(25-19-44)83(90)91)57(66(73,74)75)51(56(49)65(70,71)72)30-12-39-36-42(63(7,8)9)15-33-54(39)81-60(87)78-45-20-26-48(27-21-45)84(92)93/h13-27,31-36H,1-9H3,(H2,76,79,85)(H2,77,80,86)(H2,78,81,87). The summed E-state index contributed by atoms with van der Waals surface area (Å²) in [6.45, 7) is 15.1. The van der Waals surface area contributed by atoms with Gasteiger partial charge in [0.2, 0.25) is 0 Å². The average Bonchev–Trinajstić information content (AvgIpc) is 0.726. The van der Waals surface area contributed by atoms with Gasteiger partial charge in [0.1, 0.15) is 0 Å². The third kappa shape index (κ3) is 17.5. The van der Waals surface area contributed by atoms with E-state index in [-0.39, 0.29) is 51.2 Å². The molecule has 7 aromatic rings. The van der Waals surface area contributed by atoms with E-state index >= 15 is 39.5 Å². The molecule has 0 fully saturated rings. The van der Waals surface area contributed by atoms with Crippen LogP contribution in [0.4, 0.5) is 105 Å². The highest BCUT2D eigenvalue weighted by Crippen LogP contribution is 2.49. The lowest BCUT2D eigenvalue weighted by molar-refractivity contribution is -0.385. The van der Waals surface area contributed by atoms with Gasteiger partial charge in [-0.25, -0.2) is 14.4 Å². The first kappa shape index (κ1) is 69.1. The van der Waals surface area contributed by atoms with Gasteiger partial charge in [-0.05, 0) is 106 Å². The van der Waals surface area contributed by atoms with Crippen molar-refractivity contribution in [2.24, 2.45) is 0 Å². The zero-order valence-electron chi connectivity index (χ0n) is 50.5. The van der Waals surface area contributed by atoms with Crippen LogP contribution in [-0.4, -0.2) is 32.9 Å². The van der Waals surface area contributed by atoms with E-state index in [2.05, 4.69) is 49.7 Å². The van der Waals surface area contributed by atoms with Gasteiger partial charge in [0.05, 0.1) is 65.2 Å². The van der Waals surface area contributed by atoms with Gasteiger partial charge in [0.25, 0.3) is 17.1 Å². The Morgan fingerprint density at radius 1 is 0.333 bits per heavy atom. The first-order chi connectivity index (χ1) is 43.1. The summed E-state index contributed by atoms with van der Waals surface area (Å²) in [5, 5.41) is 48.1. The molecule has 27 heteroatoms. The number of non-ortho nitro benzene ring substituents is 3. The van der Waals surface area contributed by atoms with Crippen LogP contribution in [0.2, 0.25) is 0 Å². The number of nitro groups is 3. The van der Waals surface area contributed by atoms with Gasteiger partial charge in [0.15, 0.2) is 0 Å². The number of benzene rings is 7. The molecule has 0 aliphatic carbocycles. The highest BCUT2D eigenvalue weighted by molar-refractivity contribution is 6.02. The maximum atomic E-state index is 16.3. The van der Waals surface area contributed by atoms with E-state index in [1.807, 2.05) is 17.8 Å². The Hall–Kier alpha value is -11.4. The number of rotatable bonds is 9. The second kappa shape index (κ2) is 26.6. The molecule has 7 aromatic carbocycles. The number of hydrogen-bond acceptors (Lipinski definition) is 9. The summed E-state index contributed by atoms with van der Waals surface area (Å²) >= 11 is 0. The van der Waals surface area contributed by atoms with E-state index in [4.69, 9.17) is 0 Å². The largest absolute Gasteiger partial charge is 0.418 e. The number of hydrogen-bond donors (Lipinski definition) is 6. The van der Waals surface area contributed by atoms with Crippen molar-refractivity contribution in [1.29, 1.82) is 0 Å². The quantitative estimate of drug-likeness (QED) is 0.0347. The molecular weight excluding hydrogens is 1230 g/mol. The van der Waals surface area contributed by atoms with Crippen LogP contribution in [0.15, 0.2) is 127 Å². The molecule has 0 radical (unpaired) electrons. The zero-order chi connectivity index (χ0) is 68.9. The molecule has 0 aliphatic rings. The third-order valence-corrected chi connectivity index (χ3v) is 13.7. The van der Waals surface area contributed by atoms with E-state index in [0.29, 0.717) is 16.7 Å². The van der Waals surface area contributed by atoms with Crippen molar-refractivity contribution in [3.05, 3.63) is 224 Å². The number of amides is 6. The Morgan fingerprint density at radius 2 is 0.548 bits per heavy atom. The topological polar surface area (TPSA) is 253 Å². The van der Waals surface area contributed by atoms with Gasteiger partial charge < -0.3 is 31.9 Å². The van der Waals surface area contributed by atoms with Crippen LogP contribution in [0.1, 0.15) is 129 Å². The van der Waals surface area contributed by atoms with Crippen LogP contribution >= 0.6 is 0 Å². The van der Waals surface area contributed by atoms with E-state index in [1.165, 1.54) is 54.6 Å². The maximum Gasteiger partial charge on any atom is 0.418 e. The number of nitrogens with one attached hydrogen (secondary N) is 6. The SMILES string of the molecule is CC(C)(C)c1ccc(NC(=O)Nc2ccc([N+](=O)[O-])cc2)c(C#Cc2c(C(F)(F)F)c(C#Cc3cc(C(C)(C)C)ccc3NC(=O)Nc3ccc([N+](=O)[O-])cc3)c(C(F)(F)F)c(C#Cc3cc(C(C)(C)C)ccc3NC(=O)Nc3ccc([N+](=O)[O-])cc3)c2C(F)(F)F)c1. The van der Waals surface area contributed by atoms with Crippen LogP contribution in [0.5, 0.6) is 0 Å². The lowest BCUT2D eigenvalue weighted by Gasteiger charge is -2.24. The molecule has 0 heterocycles. The van der Waals surface area contributed by atoms with Gasteiger partial charge in [-0.15, -0.1) is 0 Å². The van der Waals surface area contributed by atoms with Gasteiger partial charge in [-0.2, -0.15) is 39.5 Å². The van der Waals surface area contributed by atoms with Crippen LogP contribution in [0.25, 0.3) is 0 Å². The minimum atomic E-state index is -6.20. The lowest BCUT2D eigenvalue weighted by Crippen LogP contribution is -2.25. The predicted molar refractivity (Wildman–Crippen MR) is 332 cm³/mol. The summed E-state index contributed by atoms with van der Waals surface area (Å²) in [5.74, 6) is 12.5. The number of urea groups is 3. The normalized spacial score (nSPS) is 11.7. The van der Waals surface area contributed by atoms with Crippen molar-refractivity contribution < 1.29 is 68.7 Å². The molecule has 0 spiro atoms. The molecule has 0 bridgehead atoms. The second-order valence-electron chi connectivity index (χ2n) is 23.7. The maximum absolute atomic E-state index is 16.3. The monoisotopic (exact) mass is 1290 g/mol. The summed E-state index contributed by atoms with van der Waals surface area (Å²) in [7, 11) is 0. The molecule has 480 valence electrons. The first-order valence-corrected chi connectivity index (χ1v) is 27.5. The Labute approximate surface area is 525 Å². The second-order valence-corrected chi connectivity index (χ2v) is 23.7. The number of alkyl halides is 9. The summed E-state index contributed by atoms with van der Waals surface area (Å²) in [4.78, 5) is 72.1. The fourth-order valence-electron chi connectivity index (χ4n) is 8.89. The minimum absolute atomic E-state index is 0.00851. The smallest absolute Gasteiger partial charge is 0.308 e. The van der Waals surface area contributed by atoms with Crippen LogP contribution in [0.3, 0.4) is 0 Å². The molecule has 93 heavy (non-hydrogen) atoms. The Bertz CT molecular complexity index is 3880. The molecule has 18 nitrogen and oxygen atoms in total. The zero-order valence-corrected chi connectivity index (χ0v) is 50.5. The molecule has 0 unspecified atom stereocenters. The number of halogens is 9.